The van der Waals surface area contributed by atoms with Gasteiger partial charge in [0.2, 0.25) is 0 Å². The molecule has 2 rings (SSSR count). The maximum atomic E-state index is 12.6. The van der Waals surface area contributed by atoms with Gasteiger partial charge in [-0.05, 0) is 66.9 Å². The number of hydrogen-bond donors (Lipinski definition) is 3. The molecule has 2 aromatic rings. The Morgan fingerprint density at radius 1 is 1.11 bits per heavy atom. The van der Waals surface area contributed by atoms with E-state index >= 15 is 0 Å². The highest BCUT2D eigenvalue weighted by Gasteiger charge is 2.26. The first-order valence-electron chi connectivity index (χ1n) is 8.31. The van der Waals surface area contributed by atoms with Crippen LogP contribution in [-0.2, 0) is 14.3 Å². The molecule has 7 nitrogen and oxygen atoms in total. The Morgan fingerprint density at radius 3 is 2.26 bits per heavy atom. The Labute approximate surface area is 158 Å². The lowest BCUT2D eigenvalue weighted by Gasteiger charge is -2.21. The maximum absolute atomic E-state index is 12.6. The zero-order chi connectivity index (χ0) is 20.1. The summed E-state index contributed by atoms with van der Waals surface area (Å²) in [5.41, 5.74) is 9.00. The minimum atomic E-state index is -0.887. The van der Waals surface area contributed by atoms with Crippen molar-refractivity contribution in [2.45, 2.75) is 26.8 Å². The van der Waals surface area contributed by atoms with Gasteiger partial charge in [0, 0.05) is 18.2 Å². The molecule has 0 saturated carbocycles. The summed E-state index contributed by atoms with van der Waals surface area (Å²) in [5.74, 6) is -0.719. The van der Waals surface area contributed by atoms with Crippen molar-refractivity contribution in [1.29, 1.82) is 5.41 Å². The number of benzene rings is 2. The van der Waals surface area contributed by atoms with E-state index in [1.165, 1.54) is 6.92 Å². The van der Waals surface area contributed by atoms with Gasteiger partial charge in [-0.15, -0.1) is 0 Å². The van der Waals surface area contributed by atoms with Crippen molar-refractivity contribution in [2.24, 2.45) is 5.73 Å². The average molecular weight is 369 g/mol. The summed E-state index contributed by atoms with van der Waals surface area (Å²) >= 11 is 0. The molecule has 0 aliphatic rings. The molecule has 4 N–H and O–H groups in total. The SMILES string of the molecule is COc1cc(C)c(C(Nc2ccc(C(=N)N)cc2)C(=O)OC(C)=O)cc1C. The van der Waals surface area contributed by atoms with E-state index in [1.807, 2.05) is 26.0 Å². The van der Waals surface area contributed by atoms with E-state index in [4.69, 9.17) is 20.6 Å². The van der Waals surface area contributed by atoms with Crippen molar-refractivity contribution in [1.82, 2.24) is 0 Å². The molecule has 0 bridgehead atoms. The number of ether oxygens (including phenoxy) is 2. The highest BCUT2D eigenvalue weighted by atomic mass is 16.6. The fourth-order valence-electron chi connectivity index (χ4n) is 2.72. The maximum Gasteiger partial charge on any atom is 0.340 e. The molecule has 0 aliphatic carbocycles. The van der Waals surface area contributed by atoms with Gasteiger partial charge in [-0.2, -0.15) is 0 Å². The number of carbonyl (C=O) groups is 2. The van der Waals surface area contributed by atoms with Crippen molar-refractivity contribution < 1.29 is 19.1 Å². The topological polar surface area (TPSA) is 114 Å². The van der Waals surface area contributed by atoms with Crippen molar-refractivity contribution >= 4 is 23.5 Å². The predicted octanol–water partition coefficient (Wildman–Crippen LogP) is 2.84. The third-order valence-electron chi connectivity index (χ3n) is 4.08. The quantitative estimate of drug-likeness (QED) is 0.312. The molecule has 0 saturated heterocycles. The number of amidine groups is 1. The third kappa shape index (κ3) is 4.84. The molecule has 0 spiro atoms. The summed E-state index contributed by atoms with van der Waals surface area (Å²) in [5, 5.41) is 10.5. The van der Waals surface area contributed by atoms with Crippen molar-refractivity contribution in [3.8, 4) is 5.75 Å². The zero-order valence-electron chi connectivity index (χ0n) is 15.8. The fraction of sp³-hybridized carbons (Fsp3) is 0.250. The Kier molecular flexibility index (Phi) is 6.18. The van der Waals surface area contributed by atoms with Crippen LogP contribution in [0.3, 0.4) is 0 Å². The van der Waals surface area contributed by atoms with E-state index in [2.05, 4.69) is 5.32 Å². The van der Waals surface area contributed by atoms with E-state index in [0.29, 0.717) is 22.6 Å². The summed E-state index contributed by atoms with van der Waals surface area (Å²) in [7, 11) is 1.58. The molecule has 142 valence electrons. The molecule has 0 amide bonds. The number of esters is 2. The molecule has 7 heteroatoms. The molecule has 1 atom stereocenters. The third-order valence-corrected chi connectivity index (χ3v) is 4.08. The molecule has 27 heavy (non-hydrogen) atoms. The van der Waals surface area contributed by atoms with Gasteiger partial charge in [0.1, 0.15) is 11.6 Å². The number of rotatable bonds is 6. The number of aryl methyl sites for hydroxylation is 2. The Balaban J connectivity index is 2.42. The molecule has 0 aromatic heterocycles. The van der Waals surface area contributed by atoms with Gasteiger partial charge >= 0.3 is 11.9 Å². The van der Waals surface area contributed by atoms with Crippen LogP contribution in [0.5, 0.6) is 5.75 Å². The summed E-state index contributed by atoms with van der Waals surface area (Å²) in [6.07, 6.45) is 0. The van der Waals surface area contributed by atoms with Gasteiger partial charge in [-0.25, -0.2) is 4.79 Å². The second-order valence-corrected chi connectivity index (χ2v) is 6.16. The van der Waals surface area contributed by atoms with Crippen LogP contribution in [0.25, 0.3) is 0 Å². The largest absolute Gasteiger partial charge is 0.496 e. The van der Waals surface area contributed by atoms with Crippen LogP contribution in [0, 0.1) is 19.3 Å². The van der Waals surface area contributed by atoms with Crippen LogP contribution >= 0.6 is 0 Å². The molecule has 0 heterocycles. The number of nitrogens with one attached hydrogen (secondary N) is 2. The number of methoxy groups -OCH3 is 1. The Bertz CT molecular complexity index is 876. The lowest BCUT2D eigenvalue weighted by Crippen LogP contribution is -2.26. The first-order valence-corrected chi connectivity index (χ1v) is 8.31. The number of hydrogen-bond acceptors (Lipinski definition) is 6. The van der Waals surface area contributed by atoms with E-state index < -0.39 is 18.0 Å². The lowest BCUT2D eigenvalue weighted by atomic mass is 9.97. The van der Waals surface area contributed by atoms with Crippen LogP contribution in [-0.4, -0.2) is 24.9 Å². The number of carbonyl (C=O) groups excluding carboxylic acids is 2. The number of nitrogens with two attached hydrogens (primary N) is 1. The van der Waals surface area contributed by atoms with Crippen molar-refractivity contribution in [3.05, 3.63) is 58.7 Å². The Hall–Kier alpha value is -3.35. The van der Waals surface area contributed by atoms with Crippen molar-refractivity contribution in [3.63, 3.8) is 0 Å². The first-order chi connectivity index (χ1) is 12.7. The van der Waals surface area contributed by atoms with E-state index in [-0.39, 0.29) is 5.84 Å². The number of anilines is 1. The van der Waals surface area contributed by atoms with Crippen LogP contribution in [0.15, 0.2) is 36.4 Å². The van der Waals surface area contributed by atoms with E-state index in [9.17, 15) is 9.59 Å². The minimum absolute atomic E-state index is 0.0456. The Morgan fingerprint density at radius 2 is 1.74 bits per heavy atom. The summed E-state index contributed by atoms with van der Waals surface area (Å²) in [6.45, 7) is 4.91. The second-order valence-electron chi connectivity index (χ2n) is 6.16. The summed E-state index contributed by atoms with van der Waals surface area (Å²) in [4.78, 5) is 23.8. The molecule has 2 aromatic carbocycles. The van der Waals surface area contributed by atoms with Crippen LogP contribution in [0.4, 0.5) is 5.69 Å². The molecule has 0 fully saturated rings. The second kappa shape index (κ2) is 8.35. The molecule has 0 aliphatic heterocycles. The van der Waals surface area contributed by atoms with Gasteiger partial charge in [0.15, 0.2) is 6.04 Å². The highest BCUT2D eigenvalue weighted by molar-refractivity contribution is 5.95. The smallest absolute Gasteiger partial charge is 0.340 e. The van der Waals surface area contributed by atoms with Gasteiger partial charge in [-0.3, -0.25) is 10.2 Å². The monoisotopic (exact) mass is 369 g/mol. The normalized spacial score (nSPS) is 11.4. The van der Waals surface area contributed by atoms with Crippen molar-refractivity contribution in [2.75, 3.05) is 12.4 Å². The molecular formula is C20H23N3O4. The van der Waals surface area contributed by atoms with Gasteiger partial charge in [0.25, 0.3) is 0 Å². The van der Waals surface area contributed by atoms with Gasteiger partial charge < -0.3 is 20.5 Å². The lowest BCUT2D eigenvalue weighted by molar-refractivity contribution is -0.158. The predicted molar refractivity (Wildman–Crippen MR) is 103 cm³/mol. The minimum Gasteiger partial charge on any atom is -0.496 e. The summed E-state index contributed by atoms with van der Waals surface area (Å²) in [6, 6.07) is 9.53. The molecular weight excluding hydrogens is 346 g/mol. The molecule has 0 radical (unpaired) electrons. The van der Waals surface area contributed by atoms with Gasteiger partial charge in [0.05, 0.1) is 7.11 Å². The summed E-state index contributed by atoms with van der Waals surface area (Å²) < 4.78 is 10.1. The highest BCUT2D eigenvalue weighted by Crippen LogP contribution is 2.29. The zero-order valence-corrected chi connectivity index (χ0v) is 15.8. The van der Waals surface area contributed by atoms with E-state index in [1.54, 1.807) is 31.4 Å². The fourth-order valence-corrected chi connectivity index (χ4v) is 2.72. The average Bonchev–Trinajstić information content (AvgIpc) is 2.61. The van der Waals surface area contributed by atoms with Gasteiger partial charge in [-0.1, -0.05) is 0 Å². The first kappa shape index (κ1) is 20.0. The van der Waals surface area contributed by atoms with E-state index in [0.717, 1.165) is 11.1 Å². The number of nitrogen functional groups attached to an aromatic ring is 1. The van der Waals surface area contributed by atoms with Crippen LogP contribution in [0.1, 0.15) is 35.2 Å². The van der Waals surface area contributed by atoms with Crippen LogP contribution < -0.4 is 15.8 Å². The standard InChI is InChI=1S/C20H23N3O4/c1-11-10-17(26-4)12(2)9-16(11)18(20(25)27-13(3)24)23-15-7-5-14(6-8-15)19(21)22/h5-10,18,23H,1-4H3,(H3,21,22). The molecule has 1 unspecified atom stereocenters. The van der Waals surface area contributed by atoms with Crippen LogP contribution in [0.2, 0.25) is 0 Å².